The molecule has 0 aliphatic carbocycles. The van der Waals surface area contributed by atoms with Crippen molar-refractivity contribution in [2.24, 2.45) is 0 Å². The van der Waals surface area contributed by atoms with Crippen LogP contribution >= 0.6 is 12.2 Å². The van der Waals surface area contributed by atoms with Gasteiger partial charge in [0, 0.05) is 0 Å². The first-order chi connectivity index (χ1) is 7.74. The highest BCUT2D eigenvalue weighted by Gasteiger charge is 2.35. The molecule has 4 heteroatoms. The molecule has 1 N–H and O–H groups in total. The molecule has 1 aromatic rings. The van der Waals surface area contributed by atoms with Crippen LogP contribution in [0.4, 0.5) is 5.69 Å². The number of carbonyl (C=O) groups is 1. The fourth-order valence-electron chi connectivity index (χ4n) is 1.84. The van der Waals surface area contributed by atoms with Gasteiger partial charge in [-0.05, 0) is 30.8 Å². The van der Waals surface area contributed by atoms with Crippen molar-refractivity contribution in [3.63, 3.8) is 0 Å². The second-order valence-corrected chi connectivity index (χ2v) is 4.19. The molecule has 1 saturated heterocycles. The summed E-state index contributed by atoms with van der Waals surface area (Å²) in [6.07, 6.45) is 1.79. The zero-order valence-corrected chi connectivity index (χ0v) is 9.96. The predicted molar refractivity (Wildman–Crippen MR) is 68.4 cm³/mol. The van der Waals surface area contributed by atoms with Gasteiger partial charge in [0.1, 0.15) is 6.04 Å². The minimum atomic E-state index is -0.155. The topological polar surface area (TPSA) is 32.3 Å². The number of carbonyl (C=O) groups excluding carboxylic acids is 1. The van der Waals surface area contributed by atoms with Gasteiger partial charge in [-0.25, -0.2) is 0 Å². The van der Waals surface area contributed by atoms with Crippen molar-refractivity contribution in [3.8, 4) is 0 Å². The highest BCUT2D eigenvalue weighted by Crippen LogP contribution is 2.20. The third kappa shape index (κ3) is 1.93. The fraction of sp³-hybridized carbons (Fsp3) is 0.333. The Hall–Kier alpha value is -1.42. The number of nitrogens with one attached hydrogen (secondary N) is 1. The van der Waals surface area contributed by atoms with Crippen LogP contribution in [-0.4, -0.2) is 17.1 Å². The lowest BCUT2D eigenvalue weighted by molar-refractivity contribution is -0.118. The Morgan fingerprint density at radius 1 is 1.38 bits per heavy atom. The maximum absolute atomic E-state index is 12.1. The van der Waals surface area contributed by atoms with E-state index in [0.717, 1.165) is 18.5 Å². The van der Waals surface area contributed by atoms with Gasteiger partial charge < -0.3 is 5.32 Å². The quantitative estimate of drug-likeness (QED) is 0.813. The minimum Gasteiger partial charge on any atom is -0.350 e. The molecule has 1 aliphatic rings. The van der Waals surface area contributed by atoms with E-state index in [9.17, 15) is 4.79 Å². The molecule has 0 saturated carbocycles. The van der Waals surface area contributed by atoms with Crippen LogP contribution in [0.1, 0.15) is 19.8 Å². The third-order valence-corrected chi connectivity index (χ3v) is 2.91. The molecule has 1 heterocycles. The predicted octanol–water partition coefficient (Wildman–Crippen LogP) is 2.08. The summed E-state index contributed by atoms with van der Waals surface area (Å²) in [5, 5.41) is 3.57. The number of nitrogens with zero attached hydrogens (tertiary/aromatic N) is 1. The summed E-state index contributed by atoms with van der Waals surface area (Å²) in [6, 6.07) is 9.35. The summed E-state index contributed by atoms with van der Waals surface area (Å²) in [5.41, 5.74) is 0.837. The summed E-state index contributed by atoms with van der Waals surface area (Å²) in [6.45, 7) is 2.06. The summed E-state index contributed by atoms with van der Waals surface area (Å²) in [4.78, 5) is 13.7. The molecule has 1 fully saturated rings. The van der Waals surface area contributed by atoms with Gasteiger partial charge in [0.2, 0.25) is 0 Å². The van der Waals surface area contributed by atoms with E-state index in [2.05, 4.69) is 12.2 Å². The van der Waals surface area contributed by atoms with Crippen LogP contribution in [0, 0.1) is 0 Å². The van der Waals surface area contributed by atoms with Crippen LogP contribution < -0.4 is 10.2 Å². The van der Waals surface area contributed by atoms with E-state index in [1.165, 1.54) is 0 Å². The van der Waals surface area contributed by atoms with Crippen molar-refractivity contribution < 1.29 is 4.79 Å². The standard InChI is InChI=1S/C12H14N2OS/c1-2-6-10-11(15)14(12(16)13-10)9-7-4-3-5-8-9/h3-5,7-8,10H,2,6H2,1H3,(H,13,16)/t10-/m1/s1. The van der Waals surface area contributed by atoms with E-state index in [4.69, 9.17) is 12.2 Å². The van der Waals surface area contributed by atoms with Crippen molar-refractivity contribution in [2.75, 3.05) is 4.90 Å². The molecule has 16 heavy (non-hydrogen) atoms. The van der Waals surface area contributed by atoms with E-state index in [1.54, 1.807) is 4.90 Å². The Morgan fingerprint density at radius 3 is 2.69 bits per heavy atom. The monoisotopic (exact) mass is 234 g/mol. The number of amides is 1. The number of para-hydroxylation sites is 1. The SMILES string of the molecule is CCC[C@H]1NC(=S)N(c2ccccc2)C1=O. The van der Waals surface area contributed by atoms with E-state index < -0.39 is 0 Å². The van der Waals surface area contributed by atoms with Gasteiger partial charge >= 0.3 is 0 Å². The van der Waals surface area contributed by atoms with Gasteiger partial charge in [0.15, 0.2) is 5.11 Å². The normalized spacial score (nSPS) is 20.1. The molecule has 0 bridgehead atoms. The number of hydrogen-bond donors (Lipinski definition) is 1. The van der Waals surface area contributed by atoms with E-state index in [1.807, 2.05) is 30.3 Å². The lowest BCUT2D eigenvalue weighted by Gasteiger charge is -2.14. The molecule has 1 amide bonds. The van der Waals surface area contributed by atoms with E-state index in [-0.39, 0.29) is 11.9 Å². The van der Waals surface area contributed by atoms with Crippen LogP contribution in [0.5, 0.6) is 0 Å². The minimum absolute atomic E-state index is 0.0538. The molecule has 1 aliphatic heterocycles. The van der Waals surface area contributed by atoms with Crippen molar-refractivity contribution in [1.82, 2.24) is 5.32 Å². The lowest BCUT2D eigenvalue weighted by atomic mass is 10.1. The van der Waals surface area contributed by atoms with Gasteiger partial charge in [-0.15, -0.1) is 0 Å². The van der Waals surface area contributed by atoms with Crippen molar-refractivity contribution in [1.29, 1.82) is 0 Å². The van der Waals surface area contributed by atoms with Crippen LogP contribution in [0.2, 0.25) is 0 Å². The van der Waals surface area contributed by atoms with Crippen molar-refractivity contribution >= 4 is 28.9 Å². The van der Waals surface area contributed by atoms with Crippen LogP contribution in [0.3, 0.4) is 0 Å². The van der Waals surface area contributed by atoms with Gasteiger partial charge in [0.25, 0.3) is 5.91 Å². The van der Waals surface area contributed by atoms with Gasteiger partial charge in [0.05, 0.1) is 5.69 Å². The molecule has 1 aromatic carbocycles. The van der Waals surface area contributed by atoms with Crippen LogP contribution in [0.25, 0.3) is 0 Å². The number of hydrogen-bond acceptors (Lipinski definition) is 2. The number of anilines is 1. The Bertz CT molecular complexity index is 405. The largest absolute Gasteiger partial charge is 0.350 e. The molecule has 0 unspecified atom stereocenters. The van der Waals surface area contributed by atoms with E-state index in [0.29, 0.717) is 5.11 Å². The van der Waals surface area contributed by atoms with Gasteiger partial charge in [-0.3, -0.25) is 9.69 Å². The molecule has 3 nitrogen and oxygen atoms in total. The highest BCUT2D eigenvalue weighted by molar-refractivity contribution is 7.80. The first kappa shape index (κ1) is 11.1. The highest BCUT2D eigenvalue weighted by atomic mass is 32.1. The second-order valence-electron chi connectivity index (χ2n) is 3.80. The Morgan fingerprint density at radius 2 is 2.06 bits per heavy atom. The summed E-state index contributed by atoms with van der Waals surface area (Å²) in [5.74, 6) is 0.0538. The van der Waals surface area contributed by atoms with Crippen LogP contribution in [0.15, 0.2) is 30.3 Å². The molecule has 2 rings (SSSR count). The maximum Gasteiger partial charge on any atom is 0.255 e. The second kappa shape index (κ2) is 4.61. The summed E-state index contributed by atoms with van der Waals surface area (Å²) < 4.78 is 0. The molecule has 0 aromatic heterocycles. The third-order valence-electron chi connectivity index (χ3n) is 2.61. The molecule has 1 atom stereocenters. The Kier molecular flexibility index (Phi) is 3.19. The van der Waals surface area contributed by atoms with E-state index >= 15 is 0 Å². The molecule has 0 radical (unpaired) electrons. The number of thiocarbonyl (C=S) groups is 1. The number of rotatable bonds is 3. The molecule has 84 valence electrons. The smallest absolute Gasteiger partial charge is 0.255 e. The average molecular weight is 234 g/mol. The van der Waals surface area contributed by atoms with Crippen molar-refractivity contribution in [3.05, 3.63) is 30.3 Å². The zero-order chi connectivity index (χ0) is 11.5. The number of benzene rings is 1. The maximum atomic E-state index is 12.1. The molecule has 0 spiro atoms. The summed E-state index contributed by atoms with van der Waals surface area (Å²) in [7, 11) is 0. The first-order valence-electron chi connectivity index (χ1n) is 5.43. The summed E-state index contributed by atoms with van der Waals surface area (Å²) >= 11 is 5.18. The molecular formula is C12H14N2OS. The Labute approximate surface area is 100 Å². The fourth-order valence-corrected chi connectivity index (χ4v) is 2.17. The van der Waals surface area contributed by atoms with Crippen LogP contribution in [-0.2, 0) is 4.79 Å². The van der Waals surface area contributed by atoms with Crippen molar-refractivity contribution in [2.45, 2.75) is 25.8 Å². The lowest BCUT2D eigenvalue weighted by Crippen LogP contribution is -2.31. The molecular weight excluding hydrogens is 220 g/mol. The Balaban J connectivity index is 2.23. The average Bonchev–Trinajstić information content (AvgIpc) is 2.56. The van der Waals surface area contributed by atoms with Gasteiger partial charge in [-0.1, -0.05) is 31.5 Å². The van der Waals surface area contributed by atoms with Gasteiger partial charge in [-0.2, -0.15) is 0 Å². The first-order valence-corrected chi connectivity index (χ1v) is 5.84. The zero-order valence-electron chi connectivity index (χ0n) is 9.14.